The molecule has 2 aromatic carbocycles. The molecule has 0 radical (unpaired) electrons. The summed E-state index contributed by atoms with van der Waals surface area (Å²) in [5.74, 6) is 1.08. The topological polar surface area (TPSA) is 84.4 Å². The molecule has 1 heterocycles. The van der Waals surface area contributed by atoms with E-state index >= 15 is 0 Å². The lowest BCUT2D eigenvalue weighted by Crippen LogP contribution is -2.11. The van der Waals surface area contributed by atoms with Gasteiger partial charge in [-0.1, -0.05) is 0 Å². The van der Waals surface area contributed by atoms with Gasteiger partial charge >= 0.3 is 5.69 Å². The second kappa shape index (κ2) is 6.45. The molecule has 3 rings (SSSR count). The fourth-order valence-corrected chi connectivity index (χ4v) is 2.37. The van der Waals surface area contributed by atoms with E-state index in [1.165, 1.54) is 13.2 Å². The minimum atomic E-state index is -0.453. The van der Waals surface area contributed by atoms with Crippen LogP contribution in [0.25, 0.3) is 22.5 Å². The van der Waals surface area contributed by atoms with Crippen molar-refractivity contribution in [2.45, 2.75) is 0 Å². The number of hydrogen-bond acceptors (Lipinski definition) is 5. The number of H-pyrrole nitrogens is 1. The average molecular weight is 324 g/mol. The summed E-state index contributed by atoms with van der Waals surface area (Å²) in [5, 5.41) is 9.69. The Hall–Kier alpha value is -3.28. The summed E-state index contributed by atoms with van der Waals surface area (Å²) in [6.07, 6.45) is 0. The van der Waals surface area contributed by atoms with E-state index in [-0.39, 0.29) is 5.75 Å². The van der Waals surface area contributed by atoms with Gasteiger partial charge in [-0.15, -0.1) is 0 Å². The van der Waals surface area contributed by atoms with Crippen molar-refractivity contribution in [1.82, 2.24) is 9.97 Å². The fourth-order valence-electron chi connectivity index (χ4n) is 2.37. The zero-order valence-corrected chi connectivity index (χ0v) is 13.2. The first-order valence-corrected chi connectivity index (χ1v) is 7.24. The van der Waals surface area contributed by atoms with Gasteiger partial charge in [-0.2, -0.15) is 4.98 Å². The molecule has 0 saturated heterocycles. The summed E-state index contributed by atoms with van der Waals surface area (Å²) in [7, 11) is 3.06. The van der Waals surface area contributed by atoms with Crippen molar-refractivity contribution in [1.29, 1.82) is 0 Å². The van der Waals surface area contributed by atoms with Crippen LogP contribution >= 0.6 is 0 Å². The van der Waals surface area contributed by atoms with Gasteiger partial charge in [-0.3, -0.25) is 0 Å². The molecule has 0 unspecified atom stereocenters. The van der Waals surface area contributed by atoms with E-state index in [0.717, 1.165) is 11.3 Å². The highest BCUT2D eigenvalue weighted by atomic mass is 16.5. The van der Waals surface area contributed by atoms with Gasteiger partial charge in [0.15, 0.2) is 11.5 Å². The maximum absolute atomic E-state index is 11.9. The minimum Gasteiger partial charge on any atom is -0.504 e. The van der Waals surface area contributed by atoms with Crippen LogP contribution in [0, 0.1) is 0 Å². The van der Waals surface area contributed by atoms with Crippen molar-refractivity contribution >= 4 is 0 Å². The van der Waals surface area contributed by atoms with Crippen LogP contribution in [0.1, 0.15) is 0 Å². The third-order valence-electron chi connectivity index (χ3n) is 3.62. The zero-order chi connectivity index (χ0) is 17.1. The lowest BCUT2D eigenvalue weighted by Gasteiger charge is -2.08. The van der Waals surface area contributed by atoms with Crippen LogP contribution in [-0.4, -0.2) is 29.3 Å². The molecule has 0 atom stereocenters. The van der Waals surface area contributed by atoms with Crippen LogP contribution in [0.4, 0.5) is 0 Å². The number of aromatic hydroxyl groups is 1. The summed E-state index contributed by atoms with van der Waals surface area (Å²) >= 11 is 0. The molecule has 0 aliphatic carbocycles. The van der Waals surface area contributed by atoms with Gasteiger partial charge in [-0.25, -0.2) is 4.79 Å². The molecule has 2 N–H and O–H groups in total. The van der Waals surface area contributed by atoms with Gasteiger partial charge in [0.1, 0.15) is 5.75 Å². The molecule has 6 nitrogen and oxygen atoms in total. The Bertz CT molecular complexity index is 917. The van der Waals surface area contributed by atoms with Crippen molar-refractivity contribution < 1.29 is 14.6 Å². The van der Waals surface area contributed by atoms with Crippen molar-refractivity contribution in [2.75, 3.05) is 14.2 Å². The summed E-state index contributed by atoms with van der Waals surface area (Å²) in [6, 6.07) is 13.9. The first kappa shape index (κ1) is 15.6. The Labute approximate surface area is 138 Å². The third kappa shape index (κ3) is 3.08. The Balaban J connectivity index is 2.07. The summed E-state index contributed by atoms with van der Waals surface area (Å²) < 4.78 is 10.2. The standard InChI is InChI=1S/C18H16N2O4/c1-23-13-6-3-11(4-7-13)14-10-15(20-18(22)19-14)12-5-8-16(21)17(9-12)24-2/h3-10,21H,1-2H3,(H,19,20,22). The molecule has 24 heavy (non-hydrogen) atoms. The molecule has 3 aromatic rings. The number of hydrogen-bond donors (Lipinski definition) is 2. The van der Waals surface area contributed by atoms with E-state index in [2.05, 4.69) is 9.97 Å². The van der Waals surface area contributed by atoms with Crippen molar-refractivity contribution in [2.24, 2.45) is 0 Å². The molecule has 6 heteroatoms. The second-order valence-corrected chi connectivity index (χ2v) is 5.10. The number of phenolic OH excluding ortho intramolecular Hbond substituents is 1. The van der Waals surface area contributed by atoms with E-state index < -0.39 is 5.69 Å². The van der Waals surface area contributed by atoms with Gasteiger partial charge in [0.25, 0.3) is 0 Å². The minimum absolute atomic E-state index is 0.0291. The fraction of sp³-hybridized carbons (Fsp3) is 0.111. The van der Waals surface area contributed by atoms with E-state index in [9.17, 15) is 9.90 Å². The number of aromatic amines is 1. The molecule has 0 saturated carbocycles. The van der Waals surface area contributed by atoms with Crippen molar-refractivity contribution in [3.8, 4) is 39.8 Å². The van der Waals surface area contributed by atoms with Gasteiger partial charge in [0.05, 0.1) is 25.6 Å². The van der Waals surface area contributed by atoms with E-state index in [1.54, 1.807) is 25.3 Å². The lowest BCUT2D eigenvalue weighted by atomic mass is 10.1. The summed E-state index contributed by atoms with van der Waals surface area (Å²) in [5.41, 5.74) is 2.18. The molecule has 122 valence electrons. The van der Waals surface area contributed by atoms with E-state index in [0.29, 0.717) is 22.7 Å². The SMILES string of the molecule is COc1ccc(-c2cc(-c3ccc(O)c(OC)c3)nc(=O)[nH]2)cc1. The molecule has 0 aliphatic heterocycles. The van der Waals surface area contributed by atoms with Crippen LogP contribution in [-0.2, 0) is 0 Å². The number of benzene rings is 2. The monoisotopic (exact) mass is 324 g/mol. The largest absolute Gasteiger partial charge is 0.504 e. The Kier molecular flexibility index (Phi) is 4.20. The first-order chi connectivity index (χ1) is 11.6. The van der Waals surface area contributed by atoms with Crippen molar-refractivity contribution in [3.05, 3.63) is 59.0 Å². The Morgan fingerprint density at radius 3 is 2.33 bits per heavy atom. The molecule has 0 spiro atoms. The lowest BCUT2D eigenvalue weighted by molar-refractivity contribution is 0.373. The molecular weight excluding hydrogens is 308 g/mol. The van der Waals surface area contributed by atoms with Gasteiger partial charge in [0.2, 0.25) is 0 Å². The summed E-state index contributed by atoms with van der Waals surface area (Å²) in [4.78, 5) is 18.6. The smallest absolute Gasteiger partial charge is 0.345 e. The Morgan fingerprint density at radius 2 is 1.67 bits per heavy atom. The maximum atomic E-state index is 11.9. The molecule has 0 amide bonds. The number of nitrogens with zero attached hydrogens (tertiary/aromatic N) is 1. The Morgan fingerprint density at radius 1 is 0.958 bits per heavy atom. The van der Waals surface area contributed by atoms with Crippen LogP contribution in [0.2, 0.25) is 0 Å². The predicted molar refractivity (Wildman–Crippen MR) is 90.5 cm³/mol. The highest BCUT2D eigenvalue weighted by Crippen LogP contribution is 2.31. The zero-order valence-electron chi connectivity index (χ0n) is 13.2. The van der Waals surface area contributed by atoms with Gasteiger partial charge in [0, 0.05) is 5.56 Å². The normalized spacial score (nSPS) is 10.4. The first-order valence-electron chi connectivity index (χ1n) is 7.24. The van der Waals surface area contributed by atoms with Crippen LogP contribution in [0.5, 0.6) is 17.2 Å². The average Bonchev–Trinajstić information content (AvgIpc) is 2.61. The van der Waals surface area contributed by atoms with Gasteiger partial charge < -0.3 is 19.6 Å². The van der Waals surface area contributed by atoms with Crippen molar-refractivity contribution in [3.63, 3.8) is 0 Å². The highest BCUT2D eigenvalue weighted by Gasteiger charge is 2.09. The number of ether oxygens (including phenoxy) is 2. The second-order valence-electron chi connectivity index (χ2n) is 5.10. The number of nitrogens with one attached hydrogen (secondary N) is 1. The highest BCUT2D eigenvalue weighted by molar-refractivity contribution is 5.69. The molecule has 0 fully saturated rings. The van der Waals surface area contributed by atoms with Gasteiger partial charge in [-0.05, 0) is 54.1 Å². The molecule has 1 aromatic heterocycles. The van der Waals surface area contributed by atoms with E-state index in [1.807, 2.05) is 24.3 Å². The number of rotatable bonds is 4. The third-order valence-corrected chi connectivity index (χ3v) is 3.62. The predicted octanol–water partition coefficient (Wildman–Crippen LogP) is 2.83. The number of methoxy groups -OCH3 is 2. The molecular formula is C18H16N2O4. The quantitative estimate of drug-likeness (QED) is 0.771. The number of aromatic nitrogens is 2. The molecule has 0 aliphatic rings. The van der Waals surface area contributed by atoms with Crippen LogP contribution in [0.3, 0.4) is 0 Å². The van der Waals surface area contributed by atoms with E-state index in [4.69, 9.17) is 9.47 Å². The van der Waals surface area contributed by atoms with Crippen LogP contribution < -0.4 is 15.2 Å². The summed E-state index contributed by atoms with van der Waals surface area (Å²) in [6.45, 7) is 0. The number of phenols is 1. The molecule has 0 bridgehead atoms. The van der Waals surface area contributed by atoms with Crippen LogP contribution in [0.15, 0.2) is 53.3 Å². The maximum Gasteiger partial charge on any atom is 0.345 e.